The predicted molar refractivity (Wildman–Crippen MR) is 65.5 cm³/mol. The molecule has 2 N–H and O–H groups in total. The number of fused-ring (bicyclic) bond motifs is 1. The number of imidazole rings is 1. The minimum absolute atomic E-state index is 0.244. The Labute approximate surface area is 107 Å². The minimum Gasteiger partial charge on any atom is -0.385 e. The Hall–Kier alpha value is -1.73. The predicted octanol–water partition coefficient (Wildman–Crippen LogP) is 0.731. The third-order valence-corrected chi connectivity index (χ3v) is 3.47. The van der Waals surface area contributed by atoms with Gasteiger partial charge in [-0.2, -0.15) is 0 Å². The monoisotopic (exact) mass is 267 g/mol. The zero-order valence-corrected chi connectivity index (χ0v) is 10.3. The Kier molecular flexibility index (Phi) is 2.87. The molecule has 1 fully saturated rings. The molecule has 7 heteroatoms. The van der Waals surface area contributed by atoms with Crippen LogP contribution in [0.25, 0.3) is 11.0 Å². The van der Waals surface area contributed by atoms with Crippen molar-refractivity contribution in [2.75, 3.05) is 0 Å². The first-order valence-electron chi connectivity index (χ1n) is 6.15. The first-order chi connectivity index (χ1) is 9.13. The zero-order chi connectivity index (χ0) is 13.6. The first-order valence-corrected chi connectivity index (χ1v) is 6.15. The summed E-state index contributed by atoms with van der Waals surface area (Å²) in [7, 11) is 0. The van der Waals surface area contributed by atoms with Crippen molar-refractivity contribution < 1.29 is 14.2 Å². The van der Waals surface area contributed by atoms with Gasteiger partial charge < -0.3 is 19.4 Å². The second-order valence-electron chi connectivity index (χ2n) is 4.60. The molecule has 0 spiro atoms. The number of aliphatic hydroxyl groups is 1. The number of halogens is 1. The number of nitrogens with zero attached hydrogens (tertiary/aromatic N) is 2. The highest BCUT2D eigenvalue weighted by atomic mass is 19.1. The molecule has 0 aliphatic carbocycles. The molecule has 3 heterocycles. The largest absolute Gasteiger partial charge is 0.385 e. The lowest BCUT2D eigenvalue weighted by Gasteiger charge is -2.16. The number of alkyl halides is 1. The lowest BCUT2D eigenvalue weighted by Crippen LogP contribution is -2.27. The third-order valence-electron chi connectivity index (χ3n) is 3.47. The maximum Gasteiger partial charge on any atom is 0.276 e. The molecule has 0 radical (unpaired) electrons. The van der Waals surface area contributed by atoms with Crippen molar-refractivity contribution in [1.82, 2.24) is 14.5 Å². The lowest BCUT2D eigenvalue weighted by molar-refractivity contribution is -0.0352. The summed E-state index contributed by atoms with van der Waals surface area (Å²) < 4.78 is 20.8. The van der Waals surface area contributed by atoms with Crippen LogP contribution in [0.3, 0.4) is 0 Å². The Bertz CT molecular complexity index is 653. The Morgan fingerprint density at radius 3 is 3.11 bits per heavy atom. The molecule has 2 aromatic rings. The summed E-state index contributed by atoms with van der Waals surface area (Å²) in [6.07, 6.45) is -0.850. The second-order valence-corrected chi connectivity index (χ2v) is 4.60. The molecular formula is C12H14FN3O3. The maximum absolute atomic E-state index is 13.8. The van der Waals surface area contributed by atoms with Crippen molar-refractivity contribution in [3.05, 3.63) is 28.9 Å². The van der Waals surface area contributed by atoms with Gasteiger partial charge in [0, 0.05) is 6.20 Å². The van der Waals surface area contributed by atoms with E-state index in [4.69, 9.17) is 4.74 Å². The van der Waals surface area contributed by atoms with E-state index in [1.165, 1.54) is 17.1 Å². The van der Waals surface area contributed by atoms with E-state index in [9.17, 15) is 14.3 Å². The van der Waals surface area contributed by atoms with Crippen molar-refractivity contribution in [2.24, 2.45) is 0 Å². The summed E-state index contributed by atoms with van der Waals surface area (Å²) in [6, 6.07) is 1.65. The van der Waals surface area contributed by atoms with Gasteiger partial charge in [-0.3, -0.25) is 4.79 Å². The molecule has 0 aromatic carbocycles. The number of aromatic amines is 1. The number of ether oxygens (including phenoxy) is 1. The van der Waals surface area contributed by atoms with Crippen LogP contribution in [0, 0.1) is 0 Å². The van der Waals surface area contributed by atoms with Crippen molar-refractivity contribution in [3.63, 3.8) is 0 Å². The smallest absolute Gasteiger partial charge is 0.276 e. The van der Waals surface area contributed by atoms with Gasteiger partial charge in [-0.25, -0.2) is 9.37 Å². The minimum atomic E-state index is -1.44. The molecule has 19 heavy (non-hydrogen) atoms. The number of H-pyrrole nitrogens is 1. The number of rotatable bonds is 2. The van der Waals surface area contributed by atoms with Gasteiger partial charge in [0.1, 0.15) is 6.10 Å². The van der Waals surface area contributed by atoms with Crippen LogP contribution in [-0.4, -0.2) is 38.0 Å². The van der Waals surface area contributed by atoms with Gasteiger partial charge >= 0.3 is 0 Å². The molecule has 1 saturated heterocycles. The Morgan fingerprint density at radius 2 is 2.42 bits per heavy atom. The van der Waals surface area contributed by atoms with Gasteiger partial charge in [0.05, 0.1) is 17.9 Å². The van der Waals surface area contributed by atoms with E-state index in [0.717, 1.165) is 0 Å². The van der Waals surface area contributed by atoms with Crippen molar-refractivity contribution in [3.8, 4) is 0 Å². The van der Waals surface area contributed by atoms with Crippen LogP contribution in [0.5, 0.6) is 0 Å². The molecule has 1 aliphatic heterocycles. The quantitative estimate of drug-likeness (QED) is 0.840. The fraction of sp³-hybridized carbons (Fsp3) is 0.500. The number of aliphatic hydroxyl groups excluding tert-OH is 1. The summed E-state index contributed by atoms with van der Waals surface area (Å²) in [4.78, 5) is 18.1. The van der Waals surface area contributed by atoms with Crippen LogP contribution >= 0.6 is 0 Å². The van der Waals surface area contributed by atoms with Crippen molar-refractivity contribution in [2.45, 2.75) is 38.0 Å². The topological polar surface area (TPSA) is 80.1 Å². The molecule has 2 aromatic heterocycles. The fourth-order valence-corrected chi connectivity index (χ4v) is 2.44. The lowest BCUT2D eigenvalue weighted by atomic mass is 10.1. The molecule has 4 atom stereocenters. The van der Waals surface area contributed by atoms with Crippen LogP contribution < -0.4 is 5.56 Å². The number of aromatic nitrogens is 3. The Morgan fingerprint density at radius 1 is 1.63 bits per heavy atom. The van der Waals surface area contributed by atoms with Crippen LogP contribution in [0.1, 0.15) is 19.6 Å². The first kappa shape index (κ1) is 12.3. The van der Waals surface area contributed by atoms with E-state index < -0.39 is 24.6 Å². The molecule has 1 unspecified atom stereocenters. The number of pyridine rings is 1. The number of hydrogen-bond acceptors (Lipinski definition) is 4. The Balaban J connectivity index is 2.06. The maximum atomic E-state index is 13.8. The average molecular weight is 267 g/mol. The van der Waals surface area contributed by atoms with Crippen molar-refractivity contribution >= 4 is 11.0 Å². The number of nitrogens with one attached hydrogen (secondary N) is 1. The highest BCUT2D eigenvalue weighted by Gasteiger charge is 2.44. The van der Waals surface area contributed by atoms with Crippen LogP contribution in [0.2, 0.25) is 0 Å². The normalized spacial score (nSPS) is 31.1. The van der Waals surface area contributed by atoms with Gasteiger partial charge in [-0.15, -0.1) is 0 Å². The van der Waals surface area contributed by atoms with Crippen molar-refractivity contribution in [1.29, 1.82) is 0 Å². The zero-order valence-electron chi connectivity index (χ0n) is 10.3. The standard InChI is InChI=1S/C12H14FN3O3/c1-2-7-8(13)10(17)12(19-7)16-5-15-9-6(16)3-4-14-11(9)18/h3-5,7-8,10,12,17H,2H2,1H3,(H,14,18)/t7-,8+,10-,12?/m1/s1. The van der Waals surface area contributed by atoms with E-state index in [1.807, 2.05) is 0 Å². The number of hydrogen-bond donors (Lipinski definition) is 2. The summed E-state index contributed by atoms with van der Waals surface area (Å²) in [5.41, 5.74) is 0.429. The van der Waals surface area contributed by atoms with Crippen LogP contribution in [0.15, 0.2) is 23.4 Å². The second kappa shape index (κ2) is 4.43. The van der Waals surface area contributed by atoms with Crippen LogP contribution in [0.4, 0.5) is 4.39 Å². The average Bonchev–Trinajstić information content (AvgIpc) is 2.94. The summed E-state index contributed by atoms with van der Waals surface area (Å²) in [5.74, 6) is 0. The molecular weight excluding hydrogens is 253 g/mol. The third kappa shape index (κ3) is 1.77. The van der Waals surface area contributed by atoms with E-state index >= 15 is 0 Å². The molecule has 0 amide bonds. The highest BCUT2D eigenvalue weighted by Crippen LogP contribution is 2.34. The molecule has 102 valence electrons. The summed E-state index contributed by atoms with van der Waals surface area (Å²) in [5, 5.41) is 9.93. The summed E-state index contributed by atoms with van der Waals surface area (Å²) in [6.45, 7) is 1.79. The van der Waals surface area contributed by atoms with Gasteiger partial charge in [-0.1, -0.05) is 6.92 Å². The van der Waals surface area contributed by atoms with E-state index in [2.05, 4.69) is 9.97 Å². The molecule has 3 rings (SSSR count). The van der Waals surface area contributed by atoms with E-state index in [0.29, 0.717) is 11.9 Å². The fourth-order valence-electron chi connectivity index (χ4n) is 2.44. The van der Waals surface area contributed by atoms with Gasteiger partial charge in [0.15, 0.2) is 17.9 Å². The molecule has 0 bridgehead atoms. The molecule has 6 nitrogen and oxygen atoms in total. The van der Waals surface area contributed by atoms with Gasteiger partial charge in [0.2, 0.25) is 0 Å². The molecule has 0 saturated carbocycles. The summed E-state index contributed by atoms with van der Waals surface area (Å²) >= 11 is 0. The van der Waals surface area contributed by atoms with Crippen LogP contribution in [-0.2, 0) is 4.74 Å². The van der Waals surface area contributed by atoms with Gasteiger partial charge in [0.25, 0.3) is 5.56 Å². The molecule has 1 aliphatic rings. The van der Waals surface area contributed by atoms with E-state index in [1.54, 1.807) is 13.0 Å². The van der Waals surface area contributed by atoms with E-state index in [-0.39, 0.29) is 11.1 Å². The van der Waals surface area contributed by atoms with Gasteiger partial charge in [-0.05, 0) is 12.5 Å². The SMILES string of the molecule is CC[C@H]1OC(n2cnc3c(=O)[nH]ccc32)[C@H](O)[C@H]1F. The highest BCUT2D eigenvalue weighted by molar-refractivity contribution is 5.73.